The lowest BCUT2D eigenvalue weighted by atomic mass is 10.0. The summed E-state index contributed by atoms with van der Waals surface area (Å²) in [5.41, 5.74) is 0.519. The maximum atomic E-state index is 14.0. The summed E-state index contributed by atoms with van der Waals surface area (Å²) in [4.78, 5) is 78.1. The van der Waals surface area contributed by atoms with Gasteiger partial charge >= 0.3 is 12.1 Å². The van der Waals surface area contributed by atoms with E-state index >= 15 is 0 Å². The molecule has 2 fully saturated rings. The Morgan fingerprint density at radius 1 is 1.14 bits per heavy atom. The van der Waals surface area contributed by atoms with Crippen LogP contribution in [0.3, 0.4) is 0 Å². The van der Waals surface area contributed by atoms with E-state index in [0.717, 1.165) is 4.90 Å². The van der Waals surface area contributed by atoms with Gasteiger partial charge in [-0.3, -0.25) is 24.0 Å². The summed E-state index contributed by atoms with van der Waals surface area (Å²) < 4.78 is 43.0. The minimum absolute atomic E-state index is 0.0947. The average molecular weight is 631 g/mol. The van der Waals surface area contributed by atoms with Crippen LogP contribution in [0.4, 0.5) is 13.2 Å². The van der Waals surface area contributed by atoms with Crippen molar-refractivity contribution in [1.82, 2.24) is 31.3 Å². The Kier molecular flexibility index (Phi) is 11.7. The van der Waals surface area contributed by atoms with Crippen molar-refractivity contribution in [2.75, 3.05) is 13.1 Å². The van der Waals surface area contributed by atoms with E-state index in [-0.39, 0.29) is 50.1 Å². The Hall–Kier alpha value is -4.18. The first-order valence-corrected chi connectivity index (χ1v) is 14.4. The zero-order valence-corrected chi connectivity index (χ0v) is 24.4. The molecule has 5 amide bonds. The summed E-state index contributed by atoms with van der Waals surface area (Å²) in [6.45, 7) is 3.25. The Bertz CT molecular complexity index is 1250. The van der Waals surface area contributed by atoms with E-state index in [9.17, 15) is 47.0 Å². The summed E-state index contributed by atoms with van der Waals surface area (Å²) in [5.74, 6) is -4.79. The molecule has 17 heteroatoms. The highest BCUT2D eigenvalue weighted by atomic mass is 19.4. The number of aromatic nitrogens is 1. The summed E-state index contributed by atoms with van der Waals surface area (Å²) in [7, 11) is 0. The van der Waals surface area contributed by atoms with E-state index in [2.05, 4.69) is 26.4 Å². The number of aryl methyl sites for hydroxylation is 2. The zero-order valence-electron chi connectivity index (χ0n) is 24.4. The van der Waals surface area contributed by atoms with E-state index in [1.54, 1.807) is 6.92 Å². The molecule has 1 aromatic heterocycles. The first kappa shape index (κ1) is 34.3. The second-order valence-corrected chi connectivity index (χ2v) is 10.8. The number of aliphatic carboxylic acids is 1. The second kappa shape index (κ2) is 15.0. The molecular formula is C27H37F3N6O8. The largest absolute Gasteiger partial charge is 0.480 e. The van der Waals surface area contributed by atoms with E-state index in [4.69, 9.17) is 4.52 Å². The lowest BCUT2D eigenvalue weighted by Crippen LogP contribution is -2.55. The molecule has 0 aliphatic carbocycles. The van der Waals surface area contributed by atoms with Crippen LogP contribution in [0.25, 0.3) is 0 Å². The van der Waals surface area contributed by atoms with Crippen molar-refractivity contribution >= 4 is 35.5 Å². The minimum Gasteiger partial charge on any atom is -0.480 e. The van der Waals surface area contributed by atoms with Gasteiger partial charge in [-0.15, -0.1) is 0 Å². The van der Waals surface area contributed by atoms with E-state index in [0.29, 0.717) is 25.0 Å². The number of carboxylic acids is 1. The number of nitrogens with one attached hydrogen (secondary N) is 4. The van der Waals surface area contributed by atoms with Gasteiger partial charge in [-0.05, 0) is 45.4 Å². The number of carbonyl (C=O) groups is 6. The van der Waals surface area contributed by atoms with Crippen LogP contribution in [0.1, 0.15) is 80.1 Å². The molecule has 4 atom stereocenters. The smallest absolute Gasteiger partial charge is 0.389 e. The van der Waals surface area contributed by atoms with Gasteiger partial charge < -0.3 is 35.8 Å². The highest BCUT2D eigenvalue weighted by Gasteiger charge is 2.44. The number of alkyl halides is 3. The fraction of sp³-hybridized carbons (Fsp3) is 0.667. The van der Waals surface area contributed by atoms with Gasteiger partial charge in [0.15, 0.2) is 0 Å². The SMILES string of the molecule is CCc1noc(C)c1C(=O)N[C@H]1CCCCNC(=O)CC[C@@H](C(=O)O)NC(=O)[C@@H]2C[C@@H](NC(=O)CCC(F)(F)F)CN2C1=O. The maximum Gasteiger partial charge on any atom is 0.389 e. The lowest BCUT2D eigenvalue weighted by Gasteiger charge is -2.29. The molecule has 2 saturated heterocycles. The molecule has 0 unspecified atom stereocenters. The molecule has 0 spiro atoms. The zero-order chi connectivity index (χ0) is 32.6. The number of hydrogen-bond acceptors (Lipinski definition) is 8. The van der Waals surface area contributed by atoms with Crippen molar-refractivity contribution in [3.63, 3.8) is 0 Å². The van der Waals surface area contributed by atoms with Gasteiger partial charge in [0.2, 0.25) is 23.6 Å². The molecule has 2 aliphatic heterocycles. The molecule has 5 N–H and O–H groups in total. The molecule has 0 radical (unpaired) electrons. The van der Waals surface area contributed by atoms with Crippen molar-refractivity contribution < 1.29 is 51.6 Å². The molecular weight excluding hydrogens is 593 g/mol. The summed E-state index contributed by atoms with van der Waals surface area (Å²) >= 11 is 0. The fourth-order valence-electron chi connectivity index (χ4n) is 5.22. The van der Waals surface area contributed by atoms with Gasteiger partial charge in [-0.2, -0.15) is 13.2 Å². The molecule has 2 aliphatic rings. The number of carbonyl (C=O) groups excluding carboxylic acids is 5. The topological polar surface area (TPSA) is 200 Å². The molecule has 44 heavy (non-hydrogen) atoms. The van der Waals surface area contributed by atoms with Gasteiger partial charge in [0.1, 0.15) is 29.4 Å². The molecule has 0 bridgehead atoms. The summed E-state index contributed by atoms with van der Waals surface area (Å²) in [5, 5.41) is 23.6. The third-order valence-electron chi connectivity index (χ3n) is 7.50. The normalized spacial score (nSPS) is 23.9. The Balaban J connectivity index is 1.90. The number of nitrogens with zero attached hydrogens (tertiary/aromatic N) is 2. The molecule has 14 nitrogen and oxygen atoms in total. The quantitative estimate of drug-likeness (QED) is 0.288. The number of amides is 5. The third kappa shape index (κ3) is 9.41. The minimum atomic E-state index is -4.56. The molecule has 0 saturated carbocycles. The number of halogens is 3. The van der Waals surface area contributed by atoms with Gasteiger partial charge in [0.05, 0.1) is 12.1 Å². The van der Waals surface area contributed by atoms with Crippen LogP contribution in [-0.4, -0.2) is 94.1 Å². The Morgan fingerprint density at radius 2 is 1.86 bits per heavy atom. The fourth-order valence-corrected chi connectivity index (χ4v) is 5.22. The van der Waals surface area contributed by atoms with Crippen molar-refractivity contribution in [1.29, 1.82) is 0 Å². The van der Waals surface area contributed by atoms with Crippen LogP contribution >= 0.6 is 0 Å². The highest BCUT2D eigenvalue weighted by molar-refractivity contribution is 6.00. The average Bonchev–Trinajstić information content (AvgIpc) is 3.54. The predicted molar refractivity (Wildman–Crippen MR) is 145 cm³/mol. The van der Waals surface area contributed by atoms with Gasteiger partial charge in [0, 0.05) is 32.0 Å². The summed E-state index contributed by atoms with van der Waals surface area (Å²) in [6.07, 6.45) is -6.18. The Labute approximate surface area is 250 Å². The molecule has 0 aromatic carbocycles. The van der Waals surface area contributed by atoms with E-state index < -0.39 is 78.7 Å². The van der Waals surface area contributed by atoms with Crippen molar-refractivity contribution in [3.8, 4) is 0 Å². The van der Waals surface area contributed by atoms with Crippen LogP contribution < -0.4 is 21.3 Å². The molecule has 244 valence electrons. The number of fused-ring (bicyclic) bond motifs is 1. The van der Waals surface area contributed by atoms with Crippen LogP contribution in [0, 0.1) is 6.92 Å². The lowest BCUT2D eigenvalue weighted by molar-refractivity contribution is -0.144. The van der Waals surface area contributed by atoms with Gasteiger partial charge in [0.25, 0.3) is 5.91 Å². The van der Waals surface area contributed by atoms with Crippen molar-refractivity contribution in [3.05, 3.63) is 17.0 Å². The van der Waals surface area contributed by atoms with Crippen molar-refractivity contribution in [2.24, 2.45) is 0 Å². The van der Waals surface area contributed by atoms with Gasteiger partial charge in [-0.25, -0.2) is 4.79 Å². The second-order valence-electron chi connectivity index (χ2n) is 10.8. The highest BCUT2D eigenvalue weighted by Crippen LogP contribution is 2.24. The van der Waals surface area contributed by atoms with Crippen LogP contribution in [-0.2, 0) is 30.4 Å². The number of carboxylic acid groups (broad SMARTS) is 1. The van der Waals surface area contributed by atoms with Gasteiger partial charge in [-0.1, -0.05) is 12.1 Å². The first-order valence-electron chi connectivity index (χ1n) is 14.4. The molecule has 3 heterocycles. The maximum absolute atomic E-state index is 14.0. The monoisotopic (exact) mass is 630 g/mol. The van der Waals surface area contributed by atoms with Crippen LogP contribution in [0.15, 0.2) is 4.52 Å². The van der Waals surface area contributed by atoms with E-state index in [1.807, 2.05) is 0 Å². The third-order valence-corrected chi connectivity index (χ3v) is 7.50. The molecule has 3 rings (SSSR count). The Morgan fingerprint density at radius 3 is 2.52 bits per heavy atom. The number of rotatable bonds is 7. The van der Waals surface area contributed by atoms with Crippen molar-refractivity contribution in [2.45, 2.75) is 102 Å². The predicted octanol–water partition coefficient (Wildman–Crippen LogP) is 0.722. The first-order chi connectivity index (χ1) is 20.7. The summed E-state index contributed by atoms with van der Waals surface area (Å²) in [6, 6.07) is -4.91. The van der Waals surface area contributed by atoms with E-state index in [1.165, 1.54) is 6.92 Å². The molecule has 1 aromatic rings. The standard InChI is InChI=1S/C27H37F3N6O8/c1-3-16-22(14(2)44-35-16)24(40)33-17-6-4-5-11-31-20(37)8-7-18(26(42)43)34-23(39)19-12-15(13-36(19)25(17)41)32-21(38)9-10-27(28,29)30/h15,17-19H,3-13H2,1-2H3,(H,31,37)(H,32,38)(H,33,40)(H,34,39)(H,42,43)/t15-,17+,18+,19+/m1/s1. The van der Waals surface area contributed by atoms with Crippen LogP contribution in [0.2, 0.25) is 0 Å². The van der Waals surface area contributed by atoms with Crippen LogP contribution in [0.5, 0.6) is 0 Å². The number of hydrogen-bond donors (Lipinski definition) is 5.